The molecule has 106 valence electrons. The van der Waals surface area contributed by atoms with Gasteiger partial charge in [-0.15, -0.1) is 0 Å². The molecule has 0 amide bonds. The van der Waals surface area contributed by atoms with Crippen LogP contribution in [0, 0.1) is 6.92 Å². The van der Waals surface area contributed by atoms with Crippen LogP contribution in [0.4, 0.5) is 5.69 Å². The molecule has 2 unspecified atom stereocenters. The molecule has 1 N–H and O–H groups in total. The summed E-state index contributed by atoms with van der Waals surface area (Å²) in [6, 6.07) is 17.0. The standard InChI is InChI=1S/C19H19NO/c1-13-7-9-14(10-8-13)17-11-19(2)12-18(21-17)15-5-3-4-6-16(15)20-19/h3-11,18,20H,12H2,1-2H3. The molecule has 2 heteroatoms. The molecular formula is C19H19NO. The summed E-state index contributed by atoms with van der Waals surface area (Å²) in [5.41, 5.74) is 4.82. The number of ether oxygens (including phenoxy) is 1. The third-order valence-electron chi connectivity index (χ3n) is 4.39. The molecule has 21 heavy (non-hydrogen) atoms. The van der Waals surface area contributed by atoms with Crippen LogP contribution in [0.5, 0.6) is 0 Å². The third-order valence-corrected chi connectivity index (χ3v) is 4.39. The molecule has 4 rings (SSSR count). The summed E-state index contributed by atoms with van der Waals surface area (Å²) < 4.78 is 6.30. The van der Waals surface area contributed by atoms with Crippen LogP contribution in [-0.2, 0) is 4.74 Å². The Morgan fingerprint density at radius 3 is 2.67 bits per heavy atom. The van der Waals surface area contributed by atoms with Crippen LogP contribution in [0.25, 0.3) is 5.76 Å². The molecule has 0 radical (unpaired) electrons. The number of hydrogen-bond acceptors (Lipinski definition) is 2. The molecule has 2 heterocycles. The predicted octanol–water partition coefficient (Wildman–Crippen LogP) is 4.68. The lowest BCUT2D eigenvalue weighted by atomic mass is 9.82. The number of benzene rings is 2. The predicted molar refractivity (Wildman–Crippen MR) is 86.1 cm³/mol. The molecule has 2 bridgehead atoms. The van der Waals surface area contributed by atoms with Crippen molar-refractivity contribution in [2.45, 2.75) is 31.9 Å². The Labute approximate surface area is 125 Å². The van der Waals surface area contributed by atoms with Gasteiger partial charge in [-0.25, -0.2) is 0 Å². The zero-order valence-electron chi connectivity index (χ0n) is 12.4. The fourth-order valence-electron chi connectivity index (χ4n) is 3.29. The molecule has 2 atom stereocenters. The second-order valence-corrected chi connectivity index (χ2v) is 6.31. The van der Waals surface area contributed by atoms with Crippen molar-refractivity contribution in [2.75, 3.05) is 5.32 Å². The number of aryl methyl sites for hydroxylation is 1. The molecule has 2 aromatic carbocycles. The van der Waals surface area contributed by atoms with Crippen molar-refractivity contribution in [3.8, 4) is 0 Å². The third kappa shape index (κ3) is 2.11. The summed E-state index contributed by atoms with van der Waals surface area (Å²) in [6.45, 7) is 4.35. The van der Waals surface area contributed by atoms with Gasteiger partial charge < -0.3 is 10.1 Å². The van der Waals surface area contributed by atoms with E-state index in [0.717, 1.165) is 17.7 Å². The molecular weight excluding hydrogens is 258 g/mol. The van der Waals surface area contributed by atoms with E-state index in [-0.39, 0.29) is 11.6 Å². The Bertz CT molecular complexity index is 717. The molecule has 0 aliphatic carbocycles. The van der Waals surface area contributed by atoms with Crippen molar-refractivity contribution in [1.29, 1.82) is 0 Å². The lowest BCUT2D eigenvalue weighted by Crippen LogP contribution is -2.41. The van der Waals surface area contributed by atoms with Gasteiger partial charge in [0.2, 0.25) is 0 Å². The summed E-state index contributed by atoms with van der Waals surface area (Å²) in [5.74, 6) is 0.982. The Morgan fingerprint density at radius 1 is 1.10 bits per heavy atom. The van der Waals surface area contributed by atoms with Gasteiger partial charge in [0, 0.05) is 23.2 Å². The van der Waals surface area contributed by atoms with Crippen LogP contribution >= 0.6 is 0 Å². The highest BCUT2D eigenvalue weighted by Crippen LogP contribution is 2.46. The number of anilines is 1. The molecule has 0 spiro atoms. The van der Waals surface area contributed by atoms with Crippen LogP contribution in [-0.4, -0.2) is 5.54 Å². The quantitative estimate of drug-likeness (QED) is 0.817. The summed E-state index contributed by atoms with van der Waals surface area (Å²) in [4.78, 5) is 0. The SMILES string of the molecule is Cc1ccc(C2=CC3(C)CC(O2)c2ccccc2N3)cc1. The number of hydrogen-bond donors (Lipinski definition) is 1. The van der Waals surface area contributed by atoms with Gasteiger partial charge in [-0.1, -0.05) is 48.0 Å². The molecule has 0 saturated carbocycles. The van der Waals surface area contributed by atoms with Gasteiger partial charge in [0.15, 0.2) is 0 Å². The first-order chi connectivity index (χ1) is 10.1. The number of rotatable bonds is 1. The van der Waals surface area contributed by atoms with E-state index in [2.05, 4.69) is 73.8 Å². The maximum atomic E-state index is 6.30. The normalized spacial score (nSPS) is 26.2. The van der Waals surface area contributed by atoms with Gasteiger partial charge in [-0.3, -0.25) is 0 Å². The Morgan fingerprint density at radius 2 is 1.86 bits per heavy atom. The number of nitrogens with one attached hydrogen (secondary N) is 1. The number of fused-ring (bicyclic) bond motifs is 4. The highest BCUT2D eigenvalue weighted by molar-refractivity contribution is 5.68. The van der Waals surface area contributed by atoms with Crippen LogP contribution < -0.4 is 5.32 Å². The lowest BCUT2D eigenvalue weighted by Gasteiger charge is -2.43. The molecule has 2 aliphatic rings. The first kappa shape index (κ1) is 12.5. The summed E-state index contributed by atoms with van der Waals surface area (Å²) in [7, 11) is 0. The van der Waals surface area contributed by atoms with Crippen molar-refractivity contribution in [3.05, 3.63) is 71.3 Å². The van der Waals surface area contributed by atoms with E-state index < -0.39 is 0 Å². The first-order valence-corrected chi connectivity index (χ1v) is 7.47. The van der Waals surface area contributed by atoms with E-state index in [9.17, 15) is 0 Å². The molecule has 0 aromatic heterocycles. The highest BCUT2D eigenvalue weighted by atomic mass is 16.5. The lowest BCUT2D eigenvalue weighted by molar-refractivity contribution is 0.122. The van der Waals surface area contributed by atoms with Crippen molar-refractivity contribution in [1.82, 2.24) is 0 Å². The average molecular weight is 277 g/mol. The van der Waals surface area contributed by atoms with E-state index in [0.29, 0.717) is 0 Å². The Kier molecular flexibility index (Phi) is 2.61. The minimum Gasteiger partial charge on any atom is -0.485 e. The fourth-order valence-corrected chi connectivity index (χ4v) is 3.29. The molecule has 2 aromatic rings. The van der Waals surface area contributed by atoms with Gasteiger partial charge in [0.05, 0.1) is 5.54 Å². The Hall–Kier alpha value is -2.22. The topological polar surface area (TPSA) is 21.3 Å². The molecule has 0 fully saturated rings. The highest BCUT2D eigenvalue weighted by Gasteiger charge is 2.39. The van der Waals surface area contributed by atoms with Gasteiger partial charge in [-0.05, 0) is 26.0 Å². The van der Waals surface area contributed by atoms with Gasteiger partial charge in [0.1, 0.15) is 11.9 Å². The molecule has 2 nitrogen and oxygen atoms in total. The average Bonchev–Trinajstić information content (AvgIpc) is 2.47. The van der Waals surface area contributed by atoms with Crippen LogP contribution in [0.1, 0.15) is 36.1 Å². The van der Waals surface area contributed by atoms with E-state index in [1.165, 1.54) is 16.8 Å². The number of para-hydroxylation sites is 1. The Balaban J connectivity index is 1.76. The minimum absolute atomic E-state index is 0.0442. The maximum absolute atomic E-state index is 6.30. The van der Waals surface area contributed by atoms with Gasteiger partial charge >= 0.3 is 0 Å². The van der Waals surface area contributed by atoms with Crippen molar-refractivity contribution in [3.63, 3.8) is 0 Å². The van der Waals surface area contributed by atoms with Gasteiger partial charge in [0.25, 0.3) is 0 Å². The summed E-state index contributed by atoms with van der Waals surface area (Å²) in [6.07, 6.45) is 3.33. The van der Waals surface area contributed by atoms with Crippen molar-refractivity contribution < 1.29 is 4.74 Å². The van der Waals surface area contributed by atoms with Crippen LogP contribution in [0.2, 0.25) is 0 Å². The zero-order valence-corrected chi connectivity index (χ0v) is 12.4. The monoisotopic (exact) mass is 277 g/mol. The smallest absolute Gasteiger partial charge is 0.128 e. The molecule has 0 saturated heterocycles. The second kappa shape index (κ2) is 4.39. The van der Waals surface area contributed by atoms with Crippen LogP contribution in [0.15, 0.2) is 54.6 Å². The maximum Gasteiger partial charge on any atom is 0.128 e. The largest absolute Gasteiger partial charge is 0.485 e. The van der Waals surface area contributed by atoms with Gasteiger partial charge in [-0.2, -0.15) is 0 Å². The van der Waals surface area contributed by atoms with Crippen molar-refractivity contribution >= 4 is 11.4 Å². The fraction of sp³-hybridized carbons (Fsp3) is 0.263. The first-order valence-electron chi connectivity index (χ1n) is 7.47. The van der Waals surface area contributed by atoms with E-state index in [1.54, 1.807) is 0 Å². The summed E-state index contributed by atoms with van der Waals surface area (Å²) in [5, 5.41) is 3.66. The van der Waals surface area contributed by atoms with E-state index in [4.69, 9.17) is 4.74 Å². The van der Waals surface area contributed by atoms with Crippen molar-refractivity contribution in [2.24, 2.45) is 0 Å². The van der Waals surface area contributed by atoms with Crippen LogP contribution in [0.3, 0.4) is 0 Å². The summed E-state index contributed by atoms with van der Waals surface area (Å²) >= 11 is 0. The van der Waals surface area contributed by atoms with E-state index >= 15 is 0 Å². The second-order valence-electron chi connectivity index (χ2n) is 6.31. The minimum atomic E-state index is -0.0442. The molecule has 2 aliphatic heterocycles. The zero-order chi connectivity index (χ0) is 14.4. The van der Waals surface area contributed by atoms with E-state index in [1.807, 2.05) is 0 Å².